The lowest BCUT2D eigenvalue weighted by Crippen LogP contribution is -2.09. The Bertz CT molecular complexity index is 633. The maximum Gasteiger partial charge on any atom is 0.237 e. The molecule has 6 heteroatoms. The lowest BCUT2D eigenvalue weighted by Gasteiger charge is -2.03. The van der Waals surface area contributed by atoms with Crippen LogP contribution in [0.15, 0.2) is 28.9 Å². The summed E-state index contributed by atoms with van der Waals surface area (Å²) in [4.78, 5) is 0. The van der Waals surface area contributed by atoms with Crippen LogP contribution in [0.2, 0.25) is 5.02 Å². The third kappa shape index (κ3) is 1.91. The molecule has 0 N–H and O–H groups in total. The van der Waals surface area contributed by atoms with Gasteiger partial charge in [0, 0.05) is 10.4 Å². The summed E-state index contributed by atoms with van der Waals surface area (Å²) < 4.78 is 24.8. The van der Waals surface area contributed by atoms with E-state index in [2.05, 4.69) is 15.9 Å². The van der Waals surface area contributed by atoms with Crippen molar-refractivity contribution in [2.45, 2.75) is 0 Å². The highest BCUT2D eigenvalue weighted by Crippen LogP contribution is 2.27. The molecule has 0 saturated heterocycles. The van der Waals surface area contributed by atoms with Gasteiger partial charge in [0.2, 0.25) is 10.0 Å². The highest BCUT2D eigenvalue weighted by molar-refractivity contribution is 9.10. The second-order valence-corrected chi connectivity index (χ2v) is 6.28. The predicted molar refractivity (Wildman–Crippen MR) is 64.9 cm³/mol. The second kappa shape index (κ2) is 3.50. The summed E-state index contributed by atoms with van der Waals surface area (Å²) in [6, 6.07) is 6.80. The van der Waals surface area contributed by atoms with Gasteiger partial charge in [0.05, 0.1) is 11.8 Å². The van der Waals surface area contributed by atoms with Gasteiger partial charge in [-0.05, 0) is 40.2 Å². The average Bonchev–Trinajstić information content (AvgIpc) is 2.38. The van der Waals surface area contributed by atoms with Gasteiger partial charge in [-0.3, -0.25) is 0 Å². The predicted octanol–water partition coefficient (Wildman–Crippen LogP) is 2.86. The first kappa shape index (κ1) is 11.0. The molecule has 0 saturated carbocycles. The summed E-state index contributed by atoms with van der Waals surface area (Å²) in [6.07, 6.45) is 1.16. The number of rotatable bonds is 1. The molecular weight excluding hydrogens is 302 g/mol. The molecule has 0 aliphatic carbocycles. The Morgan fingerprint density at radius 1 is 1.33 bits per heavy atom. The van der Waals surface area contributed by atoms with Crippen LogP contribution in [0.25, 0.3) is 10.9 Å². The number of hydrogen-bond acceptors (Lipinski definition) is 2. The molecule has 0 amide bonds. The number of halogens is 2. The molecule has 1 heterocycles. The van der Waals surface area contributed by atoms with E-state index in [1.807, 2.05) is 0 Å². The molecule has 15 heavy (non-hydrogen) atoms. The van der Waals surface area contributed by atoms with E-state index in [4.69, 9.17) is 11.6 Å². The minimum Gasteiger partial charge on any atom is -0.231 e. The number of nitrogens with zero attached hydrogens (tertiary/aromatic N) is 1. The quantitative estimate of drug-likeness (QED) is 0.812. The topological polar surface area (TPSA) is 39.1 Å². The van der Waals surface area contributed by atoms with E-state index in [1.165, 1.54) is 3.97 Å². The zero-order valence-electron chi connectivity index (χ0n) is 7.74. The highest BCUT2D eigenvalue weighted by atomic mass is 79.9. The Hall–Kier alpha value is -0.520. The molecule has 0 unspecified atom stereocenters. The Kier molecular flexibility index (Phi) is 2.56. The van der Waals surface area contributed by atoms with Crippen LogP contribution in [0.5, 0.6) is 0 Å². The van der Waals surface area contributed by atoms with E-state index in [9.17, 15) is 8.42 Å². The summed E-state index contributed by atoms with van der Waals surface area (Å²) >= 11 is 9.03. The van der Waals surface area contributed by atoms with Crippen molar-refractivity contribution < 1.29 is 8.42 Å². The van der Waals surface area contributed by atoms with Gasteiger partial charge in [-0.25, -0.2) is 12.4 Å². The van der Waals surface area contributed by atoms with Gasteiger partial charge in [0.25, 0.3) is 0 Å². The molecule has 1 aromatic carbocycles. The highest BCUT2D eigenvalue weighted by Gasteiger charge is 2.14. The van der Waals surface area contributed by atoms with Crippen molar-refractivity contribution in [1.82, 2.24) is 3.97 Å². The number of aromatic nitrogens is 1. The lowest BCUT2D eigenvalue weighted by atomic mass is 10.2. The fraction of sp³-hybridized carbons (Fsp3) is 0.111. The van der Waals surface area contributed by atoms with Crippen LogP contribution in [0, 0.1) is 0 Å². The first-order valence-electron chi connectivity index (χ1n) is 4.06. The normalized spacial score (nSPS) is 12.2. The van der Waals surface area contributed by atoms with Crippen molar-refractivity contribution in [3.05, 3.63) is 33.9 Å². The van der Waals surface area contributed by atoms with Crippen molar-refractivity contribution in [2.75, 3.05) is 6.26 Å². The van der Waals surface area contributed by atoms with E-state index in [0.717, 1.165) is 11.6 Å². The largest absolute Gasteiger partial charge is 0.237 e. The molecule has 3 nitrogen and oxygen atoms in total. The molecule has 2 aromatic rings. The third-order valence-corrected chi connectivity index (χ3v) is 4.12. The van der Waals surface area contributed by atoms with Gasteiger partial charge >= 0.3 is 0 Å². The van der Waals surface area contributed by atoms with Crippen LogP contribution in [0.4, 0.5) is 0 Å². The van der Waals surface area contributed by atoms with Crippen molar-refractivity contribution in [1.29, 1.82) is 0 Å². The third-order valence-electron chi connectivity index (χ3n) is 2.01. The Balaban J connectivity index is 2.92. The van der Waals surface area contributed by atoms with Crippen molar-refractivity contribution in [3.8, 4) is 0 Å². The maximum absolute atomic E-state index is 11.5. The molecule has 2 rings (SSSR count). The van der Waals surface area contributed by atoms with Crippen LogP contribution in [-0.4, -0.2) is 18.6 Å². The monoisotopic (exact) mass is 307 g/mol. The van der Waals surface area contributed by atoms with E-state index in [0.29, 0.717) is 15.1 Å². The van der Waals surface area contributed by atoms with Crippen molar-refractivity contribution in [3.63, 3.8) is 0 Å². The van der Waals surface area contributed by atoms with E-state index in [-0.39, 0.29) is 0 Å². The maximum atomic E-state index is 11.5. The van der Waals surface area contributed by atoms with Crippen molar-refractivity contribution in [2.24, 2.45) is 0 Å². The summed E-state index contributed by atoms with van der Waals surface area (Å²) in [5.74, 6) is 0. The Morgan fingerprint density at radius 2 is 2.00 bits per heavy atom. The average molecular weight is 309 g/mol. The molecule has 0 aliphatic heterocycles. The molecular formula is C9H7BrClNO2S. The molecule has 0 radical (unpaired) electrons. The summed E-state index contributed by atoms with van der Waals surface area (Å²) in [6.45, 7) is 0. The number of hydrogen-bond donors (Lipinski definition) is 0. The molecule has 80 valence electrons. The Labute approximate surface area is 101 Å². The molecule has 0 spiro atoms. The van der Waals surface area contributed by atoms with Crippen LogP contribution in [0.3, 0.4) is 0 Å². The smallest absolute Gasteiger partial charge is 0.231 e. The van der Waals surface area contributed by atoms with Gasteiger partial charge in [0.15, 0.2) is 0 Å². The van der Waals surface area contributed by atoms with Gasteiger partial charge in [-0.2, -0.15) is 0 Å². The Morgan fingerprint density at radius 3 is 2.60 bits per heavy atom. The van der Waals surface area contributed by atoms with Gasteiger partial charge in [0.1, 0.15) is 4.60 Å². The molecule has 0 bridgehead atoms. The second-order valence-electron chi connectivity index (χ2n) is 3.20. The first-order chi connectivity index (χ1) is 6.89. The first-order valence-corrected chi connectivity index (χ1v) is 7.08. The molecule has 1 aromatic heterocycles. The number of benzene rings is 1. The summed E-state index contributed by atoms with van der Waals surface area (Å²) in [7, 11) is -3.30. The standard InChI is InChI=1S/C9H7BrClNO2S/c1-15(13,14)12-8-3-2-7(11)4-6(8)5-9(12)10/h2-5H,1H3. The van der Waals surface area contributed by atoms with E-state index < -0.39 is 10.0 Å². The fourth-order valence-corrected chi connectivity index (χ4v) is 3.77. The number of fused-ring (bicyclic) bond motifs is 1. The van der Waals surface area contributed by atoms with Gasteiger partial charge in [-0.15, -0.1) is 0 Å². The lowest BCUT2D eigenvalue weighted by molar-refractivity contribution is 0.594. The zero-order chi connectivity index (χ0) is 11.2. The summed E-state index contributed by atoms with van der Waals surface area (Å²) in [5.41, 5.74) is 0.619. The van der Waals surface area contributed by atoms with Crippen LogP contribution >= 0.6 is 27.5 Å². The molecule has 0 fully saturated rings. The summed E-state index contributed by atoms with van der Waals surface area (Å²) in [5, 5.41) is 1.38. The van der Waals surface area contributed by atoms with Crippen LogP contribution in [-0.2, 0) is 10.0 Å². The SMILES string of the molecule is CS(=O)(=O)n1c(Br)cc2cc(Cl)ccc21. The van der Waals surface area contributed by atoms with Gasteiger partial charge < -0.3 is 0 Å². The van der Waals surface area contributed by atoms with Crippen LogP contribution < -0.4 is 0 Å². The molecule has 0 atom stereocenters. The minimum absolute atomic E-state index is 0.502. The van der Waals surface area contributed by atoms with E-state index in [1.54, 1.807) is 24.3 Å². The van der Waals surface area contributed by atoms with Crippen molar-refractivity contribution >= 4 is 48.5 Å². The zero-order valence-corrected chi connectivity index (χ0v) is 10.9. The minimum atomic E-state index is -3.30. The van der Waals surface area contributed by atoms with Crippen LogP contribution in [0.1, 0.15) is 0 Å². The van der Waals surface area contributed by atoms with Gasteiger partial charge in [-0.1, -0.05) is 11.6 Å². The van der Waals surface area contributed by atoms with E-state index >= 15 is 0 Å². The fourth-order valence-electron chi connectivity index (χ4n) is 1.47. The molecule has 0 aliphatic rings.